The second kappa shape index (κ2) is 6.70. The van der Waals surface area contributed by atoms with E-state index in [4.69, 9.17) is 4.74 Å². The van der Waals surface area contributed by atoms with E-state index in [2.05, 4.69) is 0 Å². The van der Waals surface area contributed by atoms with Crippen LogP contribution in [0.5, 0.6) is 0 Å². The number of carbonyl (C=O) groups excluding carboxylic acids is 2. The van der Waals surface area contributed by atoms with Crippen molar-refractivity contribution in [1.29, 1.82) is 0 Å². The Morgan fingerprint density at radius 1 is 1.33 bits per heavy atom. The van der Waals surface area contributed by atoms with Crippen molar-refractivity contribution >= 4 is 11.8 Å². The lowest BCUT2D eigenvalue weighted by atomic mass is 10.1. The highest BCUT2D eigenvalue weighted by molar-refractivity contribution is 5.83. The molecule has 0 aliphatic carbocycles. The number of rotatable bonds is 4. The summed E-state index contributed by atoms with van der Waals surface area (Å²) < 4.78 is 4.90. The quantitative estimate of drug-likeness (QED) is 0.665. The SMILES string of the molecule is COCCC(=O)N1CCN(C)[C@H](C(=O)N(C)C)C1. The van der Waals surface area contributed by atoms with Gasteiger partial charge in [-0.25, -0.2) is 0 Å². The Morgan fingerprint density at radius 3 is 2.56 bits per heavy atom. The van der Waals surface area contributed by atoms with Gasteiger partial charge >= 0.3 is 0 Å². The van der Waals surface area contributed by atoms with E-state index < -0.39 is 0 Å². The van der Waals surface area contributed by atoms with Crippen LogP contribution in [0.1, 0.15) is 6.42 Å². The van der Waals surface area contributed by atoms with Crippen LogP contribution in [0.2, 0.25) is 0 Å². The maximum Gasteiger partial charge on any atom is 0.241 e. The fourth-order valence-corrected chi connectivity index (χ4v) is 2.01. The van der Waals surface area contributed by atoms with Gasteiger partial charge in [-0.15, -0.1) is 0 Å². The summed E-state index contributed by atoms with van der Waals surface area (Å²) in [5.41, 5.74) is 0. The number of hydrogen-bond donors (Lipinski definition) is 0. The molecule has 0 aromatic carbocycles. The Labute approximate surface area is 108 Å². The van der Waals surface area contributed by atoms with Gasteiger partial charge in [-0.3, -0.25) is 14.5 Å². The summed E-state index contributed by atoms with van der Waals surface area (Å²) in [6, 6.07) is -0.236. The fourth-order valence-electron chi connectivity index (χ4n) is 2.01. The molecule has 0 bridgehead atoms. The fraction of sp³-hybridized carbons (Fsp3) is 0.833. The van der Waals surface area contributed by atoms with E-state index in [-0.39, 0.29) is 17.9 Å². The summed E-state index contributed by atoms with van der Waals surface area (Å²) in [4.78, 5) is 29.2. The van der Waals surface area contributed by atoms with Gasteiger partial charge in [0.05, 0.1) is 13.0 Å². The normalized spacial score (nSPS) is 20.9. The zero-order valence-corrected chi connectivity index (χ0v) is 11.7. The van der Waals surface area contributed by atoms with Crippen LogP contribution in [0, 0.1) is 0 Å². The van der Waals surface area contributed by atoms with Gasteiger partial charge in [0, 0.05) is 40.8 Å². The first-order chi connectivity index (χ1) is 8.47. The van der Waals surface area contributed by atoms with Crippen molar-refractivity contribution in [2.45, 2.75) is 12.5 Å². The number of piperazine rings is 1. The Kier molecular flexibility index (Phi) is 5.55. The predicted molar refractivity (Wildman–Crippen MR) is 68.2 cm³/mol. The minimum atomic E-state index is -0.236. The molecule has 18 heavy (non-hydrogen) atoms. The molecule has 6 heteroatoms. The topological polar surface area (TPSA) is 53.1 Å². The summed E-state index contributed by atoms with van der Waals surface area (Å²) in [6.07, 6.45) is 0.378. The standard InChI is InChI=1S/C12H23N3O3/c1-13(2)12(17)10-9-15(7-6-14(10)3)11(16)5-8-18-4/h10H,5-9H2,1-4H3/t10-/m0/s1. The maximum absolute atomic E-state index is 12.0. The molecule has 1 rings (SSSR count). The highest BCUT2D eigenvalue weighted by atomic mass is 16.5. The van der Waals surface area contributed by atoms with E-state index in [1.807, 2.05) is 11.9 Å². The Morgan fingerprint density at radius 2 is 2.00 bits per heavy atom. The largest absolute Gasteiger partial charge is 0.384 e. The lowest BCUT2D eigenvalue weighted by Gasteiger charge is -2.39. The van der Waals surface area contributed by atoms with E-state index in [0.29, 0.717) is 26.1 Å². The lowest BCUT2D eigenvalue weighted by molar-refractivity contribution is -0.141. The number of hydrogen-bond acceptors (Lipinski definition) is 4. The average Bonchev–Trinajstić information content (AvgIpc) is 2.35. The van der Waals surface area contributed by atoms with Crippen LogP contribution in [-0.2, 0) is 14.3 Å². The van der Waals surface area contributed by atoms with Crippen molar-refractivity contribution in [3.8, 4) is 0 Å². The summed E-state index contributed by atoms with van der Waals surface area (Å²) in [5.74, 6) is 0.100. The lowest BCUT2D eigenvalue weighted by Crippen LogP contribution is -2.58. The molecule has 1 aliphatic rings. The third-order valence-electron chi connectivity index (χ3n) is 3.25. The maximum atomic E-state index is 12.0. The van der Waals surface area contributed by atoms with Crippen LogP contribution in [0.25, 0.3) is 0 Å². The van der Waals surface area contributed by atoms with Crippen LogP contribution in [0.3, 0.4) is 0 Å². The van der Waals surface area contributed by atoms with Gasteiger partial charge in [0.1, 0.15) is 6.04 Å². The van der Waals surface area contributed by atoms with Crippen LogP contribution < -0.4 is 0 Å². The van der Waals surface area contributed by atoms with Crippen molar-refractivity contribution in [2.75, 3.05) is 54.5 Å². The average molecular weight is 257 g/mol. The second-order valence-electron chi connectivity index (χ2n) is 4.81. The van der Waals surface area contributed by atoms with Crippen LogP contribution in [0.15, 0.2) is 0 Å². The summed E-state index contributed by atoms with van der Waals surface area (Å²) in [5, 5.41) is 0. The highest BCUT2D eigenvalue weighted by Gasteiger charge is 2.32. The van der Waals surface area contributed by atoms with Gasteiger partial charge < -0.3 is 14.5 Å². The van der Waals surface area contributed by atoms with Gasteiger partial charge in [0.25, 0.3) is 0 Å². The predicted octanol–water partition coefficient (Wildman–Crippen LogP) is -0.746. The van der Waals surface area contributed by atoms with E-state index in [0.717, 1.165) is 6.54 Å². The molecule has 0 spiro atoms. The molecule has 0 saturated carbocycles. The first kappa shape index (κ1) is 14.9. The molecular formula is C12H23N3O3. The molecule has 1 saturated heterocycles. The van der Waals surface area contributed by atoms with E-state index >= 15 is 0 Å². The molecule has 0 radical (unpaired) electrons. The minimum Gasteiger partial charge on any atom is -0.384 e. The number of ether oxygens (including phenoxy) is 1. The Bertz CT molecular complexity index is 307. The number of likely N-dealkylation sites (N-methyl/N-ethyl adjacent to an activating group) is 2. The van der Waals surface area contributed by atoms with Crippen LogP contribution in [-0.4, -0.2) is 87.0 Å². The Hall–Kier alpha value is -1.14. The first-order valence-corrected chi connectivity index (χ1v) is 6.15. The third-order valence-corrected chi connectivity index (χ3v) is 3.25. The van der Waals surface area contributed by atoms with Crippen molar-refractivity contribution in [3.63, 3.8) is 0 Å². The monoisotopic (exact) mass is 257 g/mol. The summed E-state index contributed by atoms with van der Waals surface area (Å²) >= 11 is 0. The molecule has 1 atom stereocenters. The molecule has 0 aromatic heterocycles. The molecule has 6 nitrogen and oxygen atoms in total. The Balaban J connectivity index is 2.60. The second-order valence-corrected chi connectivity index (χ2v) is 4.81. The molecule has 1 fully saturated rings. The summed E-state index contributed by atoms with van der Waals surface area (Å²) in [7, 11) is 6.97. The number of nitrogens with zero attached hydrogens (tertiary/aromatic N) is 3. The molecule has 2 amide bonds. The van der Waals surface area contributed by atoms with Crippen molar-refractivity contribution in [2.24, 2.45) is 0 Å². The minimum absolute atomic E-state index is 0.0433. The van der Waals surface area contributed by atoms with E-state index in [9.17, 15) is 9.59 Å². The molecule has 1 heterocycles. The highest BCUT2D eigenvalue weighted by Crippen LogP contribution is 2.11. The van der Waals surface area contributed by atoms with E-state index in [1.165, 1.54) is 0 Å². The van der Waals surface area contributed by atoms with Crippen molar-refractivity contribution in [1.82, 2.24) is 14.7 Å². The van der Waals surface area contributed by atoms with Crippen LogP contribution in [0.4, 0.5) is 0 Å². The van der Waals surface area contributed by atoms with Crippen molar-refractivity contribution in [3.05, 3.63) is 0 Å². The first-order valence-electron chi connectivity index (χ1n) is 6.15. The molecule has 104 valence electrons. The number of amides is 2. The molecular weight excluding hydrogens is 234 g/mol. The molecule has 1 aliphatic heterocycles. The summed E-state index contributed by atoms with van der Waals surface area (Å²) in [6.45, 7) is 2.30. The third kappa shape index (κ3) is 3.68. The van der Waals surface area contributed by atoms with Crippen molar-refractivity contribution < 1.29 is 14.3 Å². The van der Waals surface area contributed by atoms with Gasteiger partial charge in [-0.1, -0.05) is 0 Å². The number of carbonyl (C=O) groups is 2. The zero-order chi connectivity index (χ0) is 13.7. The van der Waals surface area contributed by atoms with Gasteiger partial charge in [0.2, 0.25) is 11.8 Å². The van der Waals surface area contributed by atoms with Gasteiger partial charge in [-0.05, 0) is 7.05 Å². The zero-order valence-electron chi connectivity index (χ0n) is 11.7. The van der Waals surface area contributed by atoms with Gasteiger partial charge in [-0.2, -0.15) is 0 Å². The number of methoxy groups -OCH3 is 1. The van der Waals surface area contributed by atoms with E-state index in [1.54, 1.807) is 31.0 Å². The molecule has 0 unspecified atom stereocenters. The van der Waals surface area contributed by atoms with Crippen LogP contribution >= 0.6 is 0 Å². The molecule has 0 N–H and O–H groups in total. The van der Waals surface area contributed by atoms with Gasteiger partial charge in [0.15, 0.2) is 0 Å². The molecule has 0 aromatic rings. The smallest absolute Gasteiger partial charge is 0.241 e.